The first-order valence-corrected chi connectivity index (χ1v) is 8.05. The number of hydrogen-bond acceptors (Lipinski definition) is 2. The van der Waals surface area contributed by atoms with Crippen LogP contribution in [0.2, 0.25) is 5.02 Å². The van der Waals surface area contributed by atoms with Crippen LogP contribution in [0.3, 0.4) is 0 Å². The third kappa shape index (κ3) is 4.61. The van der Waals surface area contributed by atoms with Gasteiger partial charge >= 0.3 is 0 Å². The Labute approximate surface area is 142 Å². The predicted octanol–water partition coefficient (Wildman–Crippen LogP) is 4.99. The van der Waals surface area contributed by atoms with Crippen LogP contribution in [0.5, 0.6) is 5.75 Å². The van der Waals surface area contributed by atoms with Crippen molar-refractivity contribution in [3.63, 3.8) is 0 Å². The van der Waals surface area contributed by atoms with E-state index in [0.29, 0.717) is 28.6 Å². The van der Waals surface area contributed by atoms with Gasteiger partial charge in [0.15, 0.2) is 0 Å². The van der Waals surface area contributed by atoms with Crippen molar-refractivity contribution in [2.45, 2.75) is 13.3 Å². The average Bonchev–Trinajstić information content (AvgIpc) is 2.48. The molecule has 0 saturated carbocycles. The molecule has 0 atom stereocenters. The number of anilines is 1. The number of ether oxygens (including phenoxy) is 1. The minimum atomic E-state index is -0.208. The molecule has 21 heavy (non-hydrogen) atoms. The summed E-state index contributed by atoms with van der Waals surface area (Å²) in [5, 5.41) is 3.33. The molecule has 0 aromatic heterocycles. The highest BCUT2D eigenvalue weighted by atomic mass is 127. The molecule has 0 unspecified atom stereocenters. The van der Waals surface area contributed by atoms with Crippen molar-refractivity contribution in [1.29, 1.82) is 0 Å². The number of carbonyl (C=O) groups excluding carboxylic acids is 1. The maximum Gasteiger partial charge on any atom is 0.255 e. The summed E-state index contributed by atoms with van der Waals surface area (Å²) in [5.74, 6) is 0.485. The van der Waals surface area contributed by atoms with E-state index < -0.39 is 0 Å². The standard InChI is InChI=1S/C16H15ClINO2/c1-2-8-21-13-5-3-4-11(9-13)16(20)19-15-7-6-12(18)10-14(15)17/h3-7,9-10H,2,8H2,1H3,(H,19,20). The van der Waals surface area contributed by atoms with E-state index in [4.69, 9.17) is 16.3 Å². The predicted molar refractivity (Wildman–Crippen MR) is 94.4 cm³/mol. The lowest BCUT2D eigenvalue weighted by Gasteiger charge is -2.09. The van der Waals surface area contributed by atoms with E-state index in [1.54, 1.807) is 30.3 Å². The molecule has 2 aromatic rings. The highest BCUT2D eigenvalue weighted by Crippen LogP contribution is 2.24. The minimum absolute atomic E-state index is 0.208. The number of benzene rings is 2. The van der Waals surface area contributed by atoms with Gasteiger partial charge in [-0.2, -0.15) is 0 Å². The Morgan fingerprint density at radius 1 is 1.29 bits per heavy atom. The highest BCUT2D eigenvalue weighted by molar-refractivity contribution is 14.1. The Morgan fingerprint density at radius 3 is 2.81 bits per heavy atom. The molecule has 0 spiro atoms. The number of hydrogen-bond donors (Lipinski definition) is 1. The van der Waals surface area contributed by atoms with Crippen molar-refractivity contribution in [3.8, 4) is 5.75 Å². The fourth-order valence-electron chi connectivity index (χ4n) is 1.73. The van der Waals surface area contributed by atoms with E-state index in [0.717, 1.165) is 9.99 Å². The molecule has 0 saturated heterocycles. The maximum atomic E-state index is 12.3. The lowest BCUT2D eigenvalue weighted by molar-refractivity contribution is 0.102. The fraction of sp³-hybridized carbons (Fsp3) is 0.188. The van der Waals surface area contributed by atoms with E-state index in [2.05, 4.69) is 27.9 Å². The summed E-state index contributed by atoms with van der Waals surface area (Å²) in [4.78, 5) is 12.3. The van der Waals surface area contributed by atoms with Crippen LogP contribution < -0.4 is 10.1 Å². The number of halogens is 2. The summed E-state index contributed by atoms with van der Waals surface area (Å²) in [6, 6.07) is 12.6. The Bertz CT molecular complexity index is 646. The monoisotopic (exact) mass is 415 g/mol. The van der Waals surface area contributed by atoms with Gasteiger partial charge in [-0.1, -0.05) is 24.6 Å². The molecule has 0 fully saturated rings. The first kappa shape index (κ1) is 16.1. The summed E-state index contributed by atoms with van der Waals surface area (Å²) < 4.78 is 6.55. The molecule has 0 aliphatic rings. The second-order valence-corrected chi connectivity index (χ2v) is 6.11. The number of nitrogens with one attached hydrogen (secondary N) is 1. The molecule has 1 N–H and O–H groups in total. The topological polar surface area (TPSA) is 38.3 Å². The lowest BCUT2D eigenvalue weighted by atomic mass is 10.2. The lowest BCUT2D eigenvalue weighted by Crippen LogP contribution is -2.12. The zero-order valence-electron chi connectivity index (χ0n) is 11.5. The molecule has 5 heteroatoms. The van der Waals surface area contributed by atoms with E-state index >= 15 is 0 Å². The van der Waals surface area contributed by atoms with Crippen LogP contribution in [0.15, 0.2) is 42.5 Å². The van der Waals surface area contributed by atoms with Crippen LogP contribution in [0, 0.1) is 3.57 Å². The maximum absolute atomic E-state index is 12.3. The van der Waals surface area contributed by atoms with Crippen LogP contribution in [0.4, 0.5) is 5.69 Å². The number of rotatable bonds is 5. The van der Waals surface area contributed by atoms with Crippen molar-refractivity contribution in [2.75, 3.05) is 11.9 Å². The first-order chi connectivity index (χ1) is 10.1. The van der Waals surface area contributed by atoms with E-state index in [9.17, 15) is 4.79 Å². The molecule has 1 amide bonds. The second kappa shape index (κ2) is 7.66. The molecule has 0 heterocycles. The Kier molecular flexibility index (Phi) is 5.87. The molecule has 2 aromatic carbocycles. The molecule has 110 valence electrons. The molecule has 2 rings (SSSR count). The SMILES string of the molecule is CCCOc1cccc(C(=O)Nc2ccc(I)cc2Cl)c1. The fourth-order valence-corrected chi connectivity index (χ4v) is 2.64. The molecular weight excluding hydrogens is 401 g/mol. The molecule has 0 aliphatic carbocycles. The summed E-state index contributed by atoms with van der Waals surface area (Å²) in [5.41, 5.74) is 1.14. The van der Waals surface area contributed by atoms with E-state index in [-0.39, 0.29) is 5.91 Å². The van der Waals surface area contributed by atoms with Gasteiger partial charge in [-0.3, -0.25) is 4.79 Å². The normalized spacial score (nSPS) is 10.2. The van der Waals surface area contributed by atoms with Gasteiger partial charge in [0.25, 0.3) is 5.91 Å². The zero-order valence-corrected chi connectivity index (χ0v) is 14.4. The van der Waals surface area contributed by atoms with Gasteiger partial charge < -0.3 is 10.1 Å². The van der Waals surface area contributed by atoms with Gasteiger partial charge in [0, 0.05) is 9.13 Å². The van der Waals surface area contributed by atoms with Crippen molar-refractivity contribution in [1.82, 2.24) is 0 Å². The van der Waals surface area contributed by atoms with Crippen molar-refractivity contribution < 1.29 is 9.53 Å². The Hall–Kier alpha value is -1.27. The Balaban J connectivity index is 2.12. The quantitative estimate of drug-likeness (QED) is 0.699. The number of amides is 1. The summed E-state index contributed by atoms with van der Waals surface area (Å²) in [7, 11) is 0. The largest absolute Gasteiger partial charge is 0.494 e. The third-order valence-electron chi connectivity index (χ3n) is 2.75. The molecule has 0 aliphatic heterocycles. The second-order valence-electron chi connectivity index (χ2n) is 4.45. The Morgan fingerprint density at radius 2 is 2.10 bits per heavy atom. The van der Waals surface area contributed by atoms with Gasteiger partial charge in [0.1, 0.15) is 5.75 Å². The minimum Gasteiger partial charge on any atom is -0.494 e. The number of carbonyl (C=O) groups is 1. The van der Waals surface area contributed by atoms with Crippen LogP contribution >= 0.6 is 34.2 Å². The van der Waals surface area contributed by atoms with Gasteiger partial charge in [-0.15, -0.1) is 0 Å². The summed E-state index contributed by atoms with van der Waals surface area (Å²) in [6.45, 7) is 2.67. The van der Waals surface area contributed by atoms with Crippen LogP contribution in [0.1, 0.15) is 23.7 Å². The zero-order chi connectivity index (χ0) is 15.2. The first-order valence-electron chi connectivity index (χ1n) is 6.59. The molecule has 0 radical (unpaired) electrons. The van der Waals surface area contributed by atoms with E-state index in [1.807, 2.05) is 19.1 Å². The van der Waals surface area contributed by atoms with E-state index in [1.165, 1.54) is 0 Å². The van der Waals surface area contributed by atoms with Gasteiger partial charge in [0.2, 0.25) is 0 Å². The van der Waals surface area contributed by atoms with Gasteiger partial charge in [-0.05, 0) is 65.4 Å². The van der Waals surface area contributed by atoms with Crippen LogP contribution in [-0.4, -0.2) is 12.5 Å². The molecular formula is C16H15ClINO2. The molecule has 0 bridgehead atoms. The van der Waals surface area contributed by atoms with Crippen molar-refractivity contribution in [2.24, 2.45) is 0 Å². The van der Waals surface area contributed by atoms with Crippen molar-refractivity contribution >= 4 is 45.8 Å². The van der Waals surface area contributed by atoms with Crippen molar-refractivity contribution in [3.05, 3.63) is 56.6 Å². The molecule has 3 nitrogen and oxygen atoms in total. The van der Waals surface area contributed by atoms with Gasteiger partial charge in [-0.25, -0.2) is 0 Å². The third-order valence-corrected chi connectivity index (χ3v) is 3.73. The summed E-state index contributed by atoms with van der Waals surface area (Å²) >= 11 is 8.29. The average molecular weight is 416 g/mol. The van der Waals surface area contributed by atoms with Gasteiger partial charge in [0.05, 0.1) is 17.3 Å². The highest BCUT2D eigenvalue weighted by Gasteiger charge is 2.09. The smallest absolute Gasteiger partial charge is 0.255 e. The van der Waals surface area contributed by atoms with Crippen LogP contribution in [0.25, 0.3) is 0 Å². The summed E-state index contributed by atoms with van der Waals surface area (Å²) in [6.07, 6.45) is 0.925. The van der Waals surface area contributed by atoms with Crippen LogP contribution in [-0.2, 0) is 0 Å².